The zero-order chi connectivity index (χ0) is 25.7. The van der Waals surface area contributed by atoms with Crippen molar-refractivity contribution in [2.24, 2.45) is 0 Å². The van der Waals surface area contributed by atoms with Gasteiger partial charge in [0.2, 0.25) is 0 Å². The standard InChI is InChI=1S/C28H31N5O3/c1-18-6-7-23(33-27(34)19-8-10-30-25(14-19)28(2,3)35)15-24(18)21-13-20(16-29)26(31-17-21)32-22-5-4-11-36-12-9-22/h6-8,10,13-15,17,22,35H,4-5,9,11-12H2,1-3H3,(H,31,32)(H,33,34). The Morgan fingerprint density at radius 3 is 2.78 bits per heavy atom. The zero-order valence-corrected chi connectivity index (χ0v) is 20.8. The van der Waals surface area contributed by atoms with Crippen LogP contribution in [0.4, 0.5) is 11.5 Å². The van der Waals surface area contributed by atoms with Gasteiger partial charge in [-0.1, -0.05) is 6.07 Å². The van der Waals surface area contributed by atoms with Crippen LogP contribution >= 0.6 is 0 Å². The van der Waals surface area contributed by atoms with Crippen molar-refractivity contribution in [3.8, 4) is 17.2 Å². The monoisotopic (exact) mass is 485 g/mol. The van der Waals surface area contributed by atoms with Gasteiger partial charge in [0.25, 0.3) is 5.91 Å². The molecule has 1 fully saturated rings. The number of nitrogens with one attached hydrogen (secondary N) is 2. The number of amides is 1. The van der Waals surface area contributed by atoms with E-state index in [9.17, 15) is 15.2 Å². The molecule has 36 heavy (non-hydrogen) atoms. The van der Waals surface area contributed by atoms with Crippen molar-refractivity contribution < 1.29 is 14.6 Å². The topological polar surface area (TPSA) is 120 Å². The first-order valence-electron chi connectivity index (χ1n) is 12.1. The van der Waals surface area contributed by atoms with E-state index in [2.05, 4.69) is 26.7 Å². The number of benzene rings is 1. The SMILES string of the molecule is Cc1ccc(NC(=O)c2ccnc(C(C)(C)O)c2)cc1-c1cnc(NC2CCCOCC2)c(C#N)c1. The minimum Gasteiger partial charge on any atom is -0.384 e. The summed E-state index contributed by atoms with van der Waals surface area (Å²) < 4.78 is 5.53. The first kappa shape index (κ1) is 25.3. The van der Waals surface area contributed by atoms with E-state index in [0.717, 1.165) is 42.6 Å². The molecular weight excluding hydrogens is 454 g/mol. The predicted molar refractivity (Wildman–Crippen MR) is 139 cm³/mol. The molecule has 1 aromatic carbocycles. The molecule has 1 aliphatic rings. The summed E-state index contributed by atoms with van der Waals surface area (Å²) in [6.45, 7) is 6.69. The third kappa shape index (κ3) is 6.06. The van der Waals surface area contributed by atoms with Gasteiger partial charge in [-0.3, -0.25) is 9.78 Å². The molecule has 1 saturated heterocycles. The highest BCUT2D eigenvalue weighted by Gasteiger charge is 2.20. The van der Waals surface area contributed by atoms with Crippen LogP contribution in [-0.2, 0) is 10.3 Å². The Labute approximate surface area is 211 Å². The maximum absolute atomic E-state index is 12.9. The van der Waals surface area contributed by atoms with Gasteiger partial charge in [0, 0.05) is 48.5 Å². The first-order valence-corrected chi connectivity index (χ1v) is 12.1. The van der Waals surface area contributed by atoms with E-state index < -0.39 is 5.60 Å². The van der Waals surface area contributed by atoms with Crippen LogP contribution in [0.25, 0.3) is 11.1 Å². The van der Waals surface area contributed by atoms with E-state index in [-0.39, 0.29) is 11.9 Å². The molecule has 0 saturated carbocycles. The highest BCUT2D eigenvalue weighted by molar-refractivity contribution is 6.04. The number of pyridine rings is 2. The second kappa shape index (κ2) is 10.9. The van der Waals surface area contributed by atoms with E-state index in [0.29, 0.717) is 34.9 Å². The Hall–Kier alpha value is -3.80. The van der Waals surface area contributed by atoms with Gasteiger partial charge in [-0.25, -0.2) is 4.98 Å². The van der Waals surface area contributed by atoms with E-state index in [1.165, 1.54) is 6.20 Å². The van der Waals surface area contributed by atoms with Gasteiger partial charge in [-0.2, -0.15) is 5.26 Å². The van der Waals surface area contributed by atoms with Crippen molar-refractivity contribution in [3.05, 3.63) is 71.2 Å². The second-order valence-corrected chi connectivity index (χ2v) is 9.59. The Bertz CT molecular complexity index is 1290. The van der Waals surface area contributed by atoms with Crippen molar-refractivity contribution >= 4 is 17.4 Å². The lowest BCUT2D eigenvalue weighted by Crippen LogP contribution is -2.21. The largest absolute Gasteiger partial charge is 0.384 e. The predicted octanol–water partition coefficient (Wildman–Crippen LogP) is 4.78. The molecule has 3 N–H and O–H groups in total. The summed E-state index contributed by atoms with van der Waals surface area (Å²) in [5, 5.41) is 26.3. The van der Waals surface area contributed by atoms with Gasteiger partial charge >= 0.3 is 0 Å². The quantitative estimate of drug-likeness (QED) is 0.459. The molecule has 8 heteroatoms. The van der Waals surface area contributed by atoms with Gasteiger partial charge in [0.1, 0.15) is 17.5 Å². The molecule has 1 aliphatic heterocycles. The number of nitriles is 1. The number of hydrogen-bond donors (Lipinski definition) is 3. The first-order chi connectivity index (χ1) is 17.2. The number of anilines is 2. The van der Waals surface area contributed by atoms with Crippen LogP contribution < -0.4 is 10.6 Å². The number of aromatic nitrogens is 2. The Morgan fingerprint density at radius 1 is 1.17 bits per heavy atom. The summed E-state index contributed by atoms with van der Waals surface area (Å²) in [5.41, 5.74) is 3.42. The highest BCUT2D eigenvalue weighted by atomic mass is 16.5. The van der Waals surface area contributed by atoms with Crippen molar-refractivity contribution in [1.29, 1.82) is 5.26 Å². The van der Waals surface area contributed by atoms with Gasteiger partial charge in [0.15, 0.2) is 0 Å². The van der Waals surface area contributed by atoms with Crippen LogP contribution in [0.15, 0.2) is 48.8 Å². The highest BCUT2D eigenvalue weighted by Crippen LogP contribution is 2.29. The van der Waals surface area contributed by atoms with Crippen LogP contribution in [0, 0.1) is 18.3 Å². The number of carbonyl (C=O) groups is 1. The molecule has 2 aromatic heterocycles. The average molecular weight is 486 g/mol. The molecule has 186 valence electrons. The summed E-state index contributed by atoms with van der Waals surface area (Å²) in [7, 11) is 0. The molecule has 1 atom stereocenters. The number of carbonyl (C=O) groups excluding carboxylic acids is 1. The molecule has 0 radical (unpaired) electrons. The second-order valence-electron chi connectivity index (χ2n) is 9.59. The van der Waals surface area contributed by atoms with E-state index in [1.54, 1.807) is 32.2 Å². The minimum atomic E-state index is -1.15. The number of nitrogens with zero attached hydrogens (tertiary/aromatic N) is 3. The average Bonchev–Trinajstić information content (AvgIpc) is 3.14. The molecule has 1 unspecified atom stereocenters. The summed E-state index contributed by atoms with van der Waals surface area (Å²) in [6.07, 6.45) is 6.10. The molecule has 3 heterocycles. The fourth-order valence-electron chi connectivity index (χ4n) is 4.17. The van der Waals surface area contributed by atoms with Gasteiger partial charge in [0.05, 0.1) is 11.3 Å². The smallest absolute Gasteiger partial charge is 0.255 e. The minimum absolute atomic E-state index is 0.225. The van der Waals surface area contributed by atoms with Crippen LogP contribution in [0.3, 0.4) is 0 Å². The normalized spacial score (nSPS) is 16.0. The molecule has 4 rings (SSSR count). The maximum Gasteiger partial charge on any atom is 0.255 e. The van der Waals surface area contributed by atoms with Crippen molar-refractivity contribution in [3.63, 3.8) is 0 Å². The Morgan fingerprint density at radius 2 is 2.00 bits per heavy atom. The lowest BCUT2D eigenvalue weighted by molar-refractivity contribution is 0.0737. The number of rotatable bonds is 6. The summed E-state index contributed by atoms with van der Waals surface area (Å²) in [5.74, 6) is 0.274. The van der Waals surface area contributed by atoms with Crippen LogP contribution in [0.2, 0.25) is 0 Å². The lowest BCUT2D eigenvalue weighted by atomic mass is 9.99. The molecular formula is C28H31N5O3. The number of hydrogen-bond acceptors (Lipinski definition) is 7. The molecule has 1 amide bonds. The van der Waals surface area contributed by atoms with Crippen LogP contribution in [-0.4, -0.2) is 40.2 Å². The summed E-state index contributed by atoms with van der Waals surface area (Å²) in [6, 6.07) is 13.1. The number of aryl methyl sites for hydroxylation is 1. The van der Waals surface area contributed by atoms with Crippen molar-refractivity contribution in [2.75, 3.05) is 23.8 Å². The fraction of sp³-hybridized carbons (Fsp3) is 0.357. The van der Waals surface area contributed by atoms with E-state index in [4.69, 9.17) is 4.74 Å². The maximum atomic E-state index is 12.9. The molecule has 0 aliphatic carbocycles. The summed E-state index contributed by atoms with van der Waals surface area (Å²) in [4.78, 5) is 21.6. The zero-order valence-electron chi connectivity index (χ0n) is 20.8. The Kier molecular flexibility index (Phi) is 7.63. The molecule has 0 bridgehead atoms. The van der Waals surface area contributed by atoms with Crippen LogP contribution in [0.1, 0.15) is 60.3 Å². The molecule has 3 aromatic rings. The molecule has 0 spiro atoms. The van der Waals surface area contributed by atoms with Gasteiger partial charge in [-0.15, -0.1) is 0 Å². The van der Waals surface area contributed by atoms with E-state index >= 15 is 0 Å². The third-order valence-corrected chi connectivity index (χ3v) is 6.26. The molecule has 8 nitrogen and oxygen atoms in total. The number of ether oxygens (including phenoxy) is 1. The van der Waals surface area contributed by atoms with Gasteiger partial charge in [-0.05, 0) is 81.5 Å². The lowest BCUT2D eigenvalue weighted by Gasteiger charge is -2.18. The van der Waals surface area contributed by atoms with E-state index in [1.807, 2.05) is 31.2 Å². The Balaban J connectivity index is 1.56. The van der Waals surface area contributed by atoms with Crippen molar-refractivity contribution in [1.82, 2.24) is 9.97 Å². The third-order valence-electron chi connectivity index (χ3n) is 6.26. The summed E-state index contributed by atoms with van der Waals surface area (Å²) >= 11 is 0. The van der Waals surface area contributed by atoms with Gasteiger partial charge < -0.3 is 20.5 Å². The van der Waals surface area contributed by atoms with Crippen molar-refractivity contribution in [2.45, 2.75) is 51.7 Å². The van der Waals surface area contributed by atoms with Crippen LogP contribution in [0.5, 0.6) is 0 Å². The number of aliphatic hydroxyl groups is 1. The fourth-order valence-corrected chi connectivity index (χ4v) is 4.17.